The summed E-state index contributed by atoms with van der Waals surface area (Å²) in [6, 6.07) is 12.7. The molecule has 6 N–H and O–H groups in total. The molecule has 0 aliphatic rings. The van der Waals surface area contributed by atoms with Crippen LogP contribution in [0.25, 0.3) is 10.6 Å². The lowest BCUT2D eigenvalue weighted by Gasteiger charge is -2.06. The molecule has 10 heteroatoms. The van der Waals surface area contributed by atoms with Crippen LogP contribution in [0, 0.1) is 5.41 Å². The molecular weight excluding hydrogens is 384 g/mol. The molecule has 0 aliphatic carbocycles. The zero-order valence-corrected chi connectivity index (χ0v) is 15.8. The summed E-state index contributed by atoms with van der Waals surface area (Å²) in [4.78, 5) is 0. The molecular formula is C17H18N6O2S2. The summed E-state index contributed by atoms with van der Waals surface area (Å²) in [7, 11) is -1.34. The first-order valence-electron chi connectivity index (χ1n) is 7.96. The van der Waals surface area contributed by atoms with Crippen molar-refractivity contribution < 1.29 is 9.32 Å². The van der Waals surface area contributed by atoms with E-state index in [-0.39, 0.29) is 12.4 Å². The van der Waals surface area contributed by atoms with Crippen molar-refractivity contribution in [3.05, 3.63) is 48.0 Å². The van der Waals surface area contributed by atoms with Crippen LogP contribution in [-0.2, 0) is 11.0 Å². The van der Waals surface area contributed by atoms with Crippen molar-refractivity contribution in [2.45, 2.75) is 0 Å². The van der Waals surface area contributed by atoms with Crippen LogP contribution in [-0.4, -0.2) is 38.1 Å². The smallest absolute Gasteiger partial charge is 0.210 e. The van der Waals surface area contributed by atoms with Crippen LogP contribution < -0.4 is 15.8 Å². The highest BCUT2D eigenvalue weighted by molar-refractivity contribution is 7.86. The van der Waals surface area contributed by atoms with Gasteiger partial charge in [-0.1, -0.05) is 23.5 Å². The van der Waals surface area contributed by atoms with Gasteiger partial charge in [-0.2, -0.15) is 0 Å². The van der Waals surface area contributed by atoms with Crippen LogP contribution >= 0.6 is 11.3 Å². The maximum absolute atomic E-state index is 11.7. The first-order valence-corrected chi connectivity index (χ1v) is 10.1. The summed E-state index contributed by atoms with van der Waals surface area (Å²) in [5, 5.41) is 29.0. The molecule has 1 heterocycles. The number of aliphatic hydroxyl groups is 1. The molecule has 2 aromatic carbocycles. The summed E-state index contributed by atoms with van der Waals surface area (Å²) in [5.74, 6) is 0.163. The molecule has 0 radical (unpaired) electrons. The fourth-order valence-corrected chi connectivity index (χ4v) is 3.69. The van der Waals surface area contributed by atoms with Crippen LogP contribution in [0.3, 0.4) is 0 Å². The molecule has 1 unspecified atom stereocenters. The van der Waals surface area contributed by atoms with Gasteiger partial charge >= 0.3 is 0 Å². The maximum Gasteiger partial charge on any atom is 0.210 e. The number of rotatable bonds is 8. The molecule has 0 fully saturated rings. The number of aliphatic hydroxyl groups excluding tert-OH is 1. The van der Waals surface area contributed by atoms with Crippen molar-refractivity contribution in [2.24, 2.45) is 0 Å². The first kappa shape index (κ1) is 19.0. The van der Waals surface area contributed by atoms with Gasteiger partial charge in [-0.3, -0.25) is 0 Å². The van der Waals surface area contributed by atoms with Crippen molar-refractivity contribution >= 4 is 50.7 Å². The summed E-state index contributed by atoms with van der Waals surface area (Å²) >= 11 is 1.37. The molecule has 0 spiro atoms. The van der Waals surface area contributed by atoms with Crippen LogP contribution in [0.15, 0.2) is 42.5 Å². The number of benzene rings is 2. The fraction of sp³-hybridized carbons (Fsp3) is 0.118. The molecule has 0 amide bonds. The van der Waals surface area contributed by atoms with Crippen molar-refractivity contribution in [3.63, 3.8) is 0 Å². The number of nitrogens with one attached hydrogen (secondary N) is 3. The average Bonchev–Trinajstić information content (AvgIpc) is 3.12. The van der Waals surface area contributed by atoms with Gasteiger partial charge < -0.3 is 26.3 Å². The number of anilines is 4. The van der Waals surface area contributed by atoms with E-state index in [9.17, 15) is 4.21 Å². The third kappa shape index (κ3) is 4.88. The van der Waals surface area contributed by atoms with Gasteiger partial charge in [0.25, 0.3) is 0 Å². The number of hydrogen-bond donors (Lipinski definition) is 5. The standard InChI is InChI=1S/C17H18N6O2S2/c18-10-12-9-13(4-5-15(12)19)20-17-22-21-16(26-17)11-2-1-3-14(8-11)23-27(25)7-6-24/h1-5,8-10,18,23-24H,6-7,19H2,(H,20,22). The van der Waals surface area contributed by atoms with Gasteiger partial charge in [0.05, 0.1) is 12.4 Å². The summed E-state index contributed by atoms with van der Waals surface area (Å²) < 4.78 is 14.6. The number of hydrogen-bond acceptors (Lipinski definition) is 8. The van der Waals surface area contributed by atoms with Gasteiger partial charge in [0.1, 0.15) is 16.0 Å². The normalized spacial score (nSPS) is 11.7. The van der Waals surface area contributed by atoms with E-state index in [1.54, 1.807) is 18.2 Å². The second-order valence-electron chi connectivity index (χ2n) is 5.48. The van der Waals surface area contributed by atoms with E-state index in [0.29, 0.717) is 27.1 Å². The minimum absolute atomic E-state index is 0.143. The van der Waals surface area contributed by atoms with Gasteiger partial charge in [0.15, 0.2) is 0 Å². The number of nitrogens with zero attached hydrogens (tertiary/aromatic N) is 2. The Morgan fingerprint density at radius 1 is 1.22 bits per heavy atom. The minimum atomic E-state index is -1.34. The largest absolute Gasteiger partial charge is 0.398 e. The lowest BCUT2D eigenvalue weighted by atomic mass is 10.2. The highest BCUT2D eigenvalue weighted by Gasteiger charge is 2.09. The summed E-state index contributed by atoms with van der Waals surface area (Å²) in [6.07, 6.45) is 1.20. The van der Waals surface area contributed by atoms with E-state index in [2.05, 4.69) is 20.2 Å². The second kappa shape index (κ2) is 8.71. The number of aromatic nitrogens is 2. The quantitative estimate of drug-likeness (QED) is 0.290. The minimum Gasteiger partial charge on any atom is -0.398 e. The van der Waals surface area contributed by atoms with Gasteiger partial charge in [-0.25, -0.2) is 4.21 Å². The molecule has 1 aromatic heterocycles. The van der Waals surface area contributed by atoms with E-state index in [1.807, 2.05) is 24.3 Å². The molecule has 0 aliphatic heterocycles. The number of nitrogen functional groups attached to an aromatic ring is 1. The summed E-state index contributed by atoms with van der Waals surface area (Å²) in [6.45, 7) is -0.143. The fourth-order valence-electron chi connectivity index (χ4n) is 2.27. The van der Waals surface area contributed by atoms with E-state index in [4.69, 9.17) is 16.2 Å². The zero-order chi connectivity index (χ0) is 19.2. The average molecular weight is 403 g/mol. The molecule has 27 heavy (non-hydrogen) atoms. The van der Waals surface area contributed by atoms with Crippen molar-refractivity contribution in [1.82, 2.24) is 10.2 Å². The predicted octanol–water partition coefficient (Wildman–Crippen LogP) is 2.60. The van der Waals surface area contributed by atoms with Crippen LogP contribution in [0.1, 0.15) is 5.56 Å². The zero-order valence-electron chi connectivity index (χ0n) is 14.2. The Kier molecular flexibility index (Phi) is 6.12. The van der Waals surface area contributed by atoms with Gasteiger partial charge in [-0.15, -0.1) is 10.2 Å². The highest BCUT2D eigenvalue weighted by Crippen LogP contribution is 2.30. The van der Waals surface area contributed by atoms with Crippen LogP contribution in [0.5, 0.6) is 0 Å². The Bertz CT molecular complexity index is 976. The number of nitrogens with two attached hydrogens (primary N) is 1. The first-order chi connectivity index (χ1) is 13.1. The van der Waals surface area contributed by atoms with E-state index in [0.717, 1.165) is 11.3 Å². The summed E-state index contributed by atoms with van der Waals surface area (Å²) in [5.41, 5.74) is 9.24. The second-order valence-corrected chi connectivity index (χ2v) is 7.76. The Labute approximate surface area is 162 Å². The molecule has 0 saturated heterocycles. The highest BCUT2D eigenvalue weighted by atomic mass is 32.2. The molecule has 1 atom stereocenters. The lowest BCUT2D eigenvalue weighted by molar-refractivity contribution is 0.321. The molecule has 0 bridgehead atoms. The molecule has 3 aromatic rings. The van der Waals surface area contributed by atoms with Gasteiger partial charge in [0.2, 0.25) is 5.13 Å². The van der Waals surface area contributed by atoms with Crippen molar-refractivity contribution in [2.75, 3.05) is 28.1 Å². The Balaban J connectivity index is 1.76. The van der Waals surface area contributed by atoms with Crippen molar-refractivity contribution in [1.29, 1.82) is 5.41 Å². The van der Waals surface area contributed by atoms with Crippen LogP contribution in [0.4, 0.5) is 22.2 Å². The molecule has 0 saturated carbocycles. The third-order valence-electron chi connectivity index (χ3n) is 3.54. The maximum atomic E-state index is 11.7. The Morgan fingerprint density at radius 2 is 2.07 bits per heavy atom. The van der Waals surface area contributed by atoms with E-state index in [1.165, 1.54) is 17.6 Å². The van der Waals surface area contributed by atoms with Crippen molar-refractivity contribution in [3.8, 4) is 10.6 Å². The predicted molar refractivity (Wildman–Crippen MR) is 111 cm³/mol. The molecule has 8 nitrogen and oxygen atoms in total. The Morgan fingerprint density at radius 3 is 2.85 bits per heavy atom. The lowest BCUT2D eigenvalue weighted by Crippen LogP contribution is -2.11. The third-order valence-corrected chi connectivity index (χ3v) is 5.44. The topological polar surface area (TPSA) is 137 Å². The van der Waals surface area contributed by atoms with Crippen LogP contribution in [0.2, 0.25) is 0 Å². The molecule has 3 rings (SSSR count). The van der Waals surface area contributed by atoms with E-state index < -0.39 is 11.0 Å². The van der Waals surface area contributed by atoms with E-state index >= 15 is 0 Å². The van der Waals surface area contributed by atoms with Gasteiger partial charge in [-0.05, 0) is 30.3 Å². The molecule has 140 valence electrons. The van der Waals surface area contributed by atoms with Gasteiger partial charge in [0, 0.05) is 34.4 Å². The monoisotopic (exact) mass is 402 g/mol. The Hall–Kier alpha value is -2.82. The SMILES string of the molecule is N=Cc1cc(Nc2nnc(-c3cccc(NS(=O)CCO)c3)s2)ccc1N.